The Bertz CT molecular complexity index is 1610. The second-order valence-electron chi connectivity index (χ2n) is 12.4. The van der Waals surface area contributed by atoms with Gasteiger partial charge >= 0.3 is 5.97 Å². The molecular formula is C34H38AcN2O7. The summed E-state index contributed by atoms with van der Waals surface area (Å²) in [7, 11) is 1.99. The summed E-state index contributed by atoms with van der Waals surface area (Å²) in [5.41, 5.74) is 6.79. The molecule has 0 aromatic heterocycles. The fourth-order valence-corrected chi connectivity index (χ4v) is 7.81. The molecule has 10 heteroatoms. The second kappa shape index (κ2) is 12.1. The third kappa shape index (κ3) is 4.93. The van der Waals surface area contributed by atoms with Gasteiger partial charge < -0.3 is 29.5 Å². The van der Waals surface area contributed by atoms with Gasteiger partial charge in [-0.3, -0.25) is 14.6 Å². The van der Waals surface area contributed by atoms with Gasteiger partial charge in [0.05, 0.1) is 18.1 Å². The first-order chi connectivity index (χ1) is 20.7. The maximum absolute atomic E-state index is 13.0. The summed E-state index contributed by atoms with van der Waals surface area (Å²) in [6.07, 6.45) is 0.855. The zero-order chi connectivity index (χ0) is 30.2. The zero-order valence-corrected chi connectivity index (χ0v) is 30.3. The third-order valence-electron chi connectivity index (χ3n) is 10.2. The van der Waals surface area contributed by atoms with Crippen LogP contribution in [0.4, 0.5) is 0 Å². The summed E-state index contributed by atoms with van der Waals surface area (Å²) in [6.45, 7) is 5.72. The van der Waals surface area contributed by atoms with Gasteiger partial charge in [0.25, 0.3) is 0 Å². The molecule has 1 fully saturated rings. The van der Waals surface area contributed by atoms with Gasteiger partial charge in [-0.2, -0.15) is 0 Å². The standard InChI is InChI=1S/C34H38N2O7.Ac/c1-17-12-21-13-24-34(40)36-23(29(35(24)4)27(21)31(39)18(17)2)14-22-28(33-32(42-16-43-33)19(3)30(22)38)25(36)15-41-26(37)11-10-20-8-6-5-7-9-20;/h5-9,12,23-25,29,34,38-40H,10-11,13-16H2,1-4H3;/t23?,24-,25-,29-,34-;/m0./s1. The molecule has 229 valence electrons. The molecule has 44 heavy (non-hydrogen) atoms. The van der Waals surface area contributed by atoms with Gasteiger partial charge in [-0.25, -0.2) is 0 Å². The quantitative estimate of drug-likeness (QED) is 0.328. The number of rotatable bonds is 5. The number of esters is 1. The number of phenols is 2. The molecule has 3 N–H and O–H groups in total. The van der Waals surface area contributed by atoms with Gasteiger partial charge in [-0.15, -0.1) is 0 Å². The molecule has 2 bridgehead atoms. The van der Waals surface area contributed by atoms with E-state index in [1.165, 1.54) is 0 Å². The Morgan fingerprint density at radius 2 is 1.70 bits per heavy atom. The molecule has 4 heterocycles. The van der Waals surface area contributed by atoms with Crippen molar-refractivity contribution in [1.29, 1.82) is 0 Å². The Hall–Kier alpha value is -2.35. The number of benzene rings is 3. The smallest absolute Gasteiger partial charge is 0.306 e. The van der Waals surface area contributed by atoms with Crippen molar-refractivity contribution in [3.63, 3.8) is 0 Å². The number of aromatic hydroxyl groups is 2. The SMILES string of the molecule is Cc1cc2c(c(O)c1C)[C@@H]1C3Cc4c(O)c(C)c5c(c4[C@H](COC(=O)CCc4ccccc4)N3[C@@H](O)[C@H](C2)N1C)OCO5.[Ac]. The number of hydrogen-bond acceptors (Lipinski definition) is 9. The molecule has 3 aromatic carbocycles. The predicted octanol–water partition coefficient (Wildman–Crippen LogP) is 4.13. The van der Waals surface area contributed by atoms with Gasteiger partial charge in [0.2, 0.25) is 6.79 Å². The molecule has 0 aliphatic carbocycles. The normalized spacial score (nSPS) is 25.0. The minimum absolute atomic E-state index is 0. The Kier molecular flexibility index (Phi) is 8.70. The van der Waals surface area contributed by atoms with Crippen LogP contribution in [-0.4, -0.2) is 69.8 Å². The van der Waals surface area contributed by atoms with Gasteiger partial charge in [-0.1, -0.05) is 36.4 Å². The number of fused-ring (bicyclic) bond motifs is 9. The van der Waals surface area contributed by atoms with Gasteiger partial charge in [-0.05, 0) is 69.3 Å². The van der Waals surface area contributed by atoms with Gasteiger partial charge in [0.15, 0.2) is 11.5 Å². The topological polar surface area (TPSA) is 112 Å². The van der Waals surface area contributed by atoms with Crippen molar-refractivity contribution in [2.75, 3.05) is 20.4 Å². The van der Waals surface area contributed by atoms with Crippen molar-refractivity contribution in [3.8, 4) is 23.0 Å². The molecule has 0 spiro atoms. The first-order valence-corrected chi connectivity index (χ1v) is 15.0. The van der Waals surface area contributed by atoms with E-state index in [4.69, 9.17) is 14.2 Å². The molecule has 4 aliphatic rings. The molecule has 9 nitrogen and oxygen atoms in total. The molecule has 5 atom stereocenters. The van der Waals surface area contributed by atoms with Crippen LogP contribution in [0, 0.1) is 64.8 Å². The average molecular weight is 814 g/mol. The molecule has 1 saturated heterocycles. The number of hydrogen-bond donors (Lipinski definition) is 3. The van der Waals surface area contributed by atoms with Crippen molar-refractivity contribution >= 4 is 5.97 Å². The number of aryl methyl sites for hydroxylation is 2. The first-order valence-electron chi connectivity index (χ1n) is 15.0. The molecule has 1 radical (unpaired) electrons. The summed E-state index contributed by atoms with van der Waals surface area (Å²) in [5, 5.41) is 35.0. The van der Waals surface area contributed by atoms with Crippen LogP contribution in [-0.2, 0) is 28.8 Å². The third-order valence-corrected chi connectivity index (χ3v) is 10.2. The van der Waals surface area contributed by atoms with E-state index in [-0.39, 0.29) is 99.5 Å². The largest absolute Gasteiger partial charge is 0.507 e. The summed E-state index contributed by atoms with van der Waals surface area (Å²) in [6, 6.07) is 10.5. The maximum Gasteiger partial charge on any atom is 0.306 e. The molecule has 3 aromatic rings. The Morgan fingerprint density at radius 1 is 0.977 bits per heavy atom. The van der Waals surface area contributed by atoms with Crippen LogP contribution in [0.15, 0.2) is 36.4 Å². The van der Waals surface area contributed by atoms with Crippen molar-refractivity contribution in [3.05, 3.63) is 80.9 Å². The van der Waals surface area contributed by atoms with Gasteiger partial charge in [0.1, 0.15) is 24.3 Å². The summed E-state index contributed by atoms with van der Waals surface area (Å²) in [4.78, 5) is 17.2. The molecular weight excluding hydrogens is 775 g/mol. The summed E-state index contributed by atoms with van der Waals surface area (Å²) in [5.74, 6) is 1.07. The first kappa shape index (κ1) is 31.6. The maximum atomic E-state index is 13.0. The van der Waals surface area contributed by atoms with Crippen LogP contribution in [0.1, 0.15) is 63.0 Å². The van der Waals surface area contributed by atoms with Crippen molar-refractivity contribution in [1.82, 2.24) is 9.80 Å². The monoisotopic (exact) mass is 813 g/mol. The average Bonchev–Trinajstić information content (AvgIpc) is 3.49. The number of ether oxygens (including phenoxy) is 3. The van der Waals surface area contributed by atoms with Crippen LogP contribution >= 0.6 is 0 Å². The van der Waals surface area contributed by atoms with E-state index in [1.807, 2.05) is 56.1 Å². The van der Waals surface area contributed by atoms with Crippen molar-refractivity contribution < 1.29 is 78.4 Å². The summed E-state index contributed by atoms with van der Waals surface area (Å²) >= 11 is 0. The number of phenolic OH excluding ortho intramolecular Hbond substituents is 2. The Balaban J connectivity index is 0.00000343. The van der Waals surface area contributed by atoms with E-state index in [9.17, 15) is 20.1 Å². The minimum atomic E-state index is -0.897. The molecule has 0 amide bonds. The van der Waals surface area contributed by atoms with Crippen LogP contribution in [0.5, 0.6) is 23.0 Å². The van der Waals surface area contributed by atoms with E-state index < -0.39 is 12.3 Å². The number of nitrogens with zero attached hydrogens (tertiary/aromatic N) is 2. The minimum Gasteiger partial charge on any atom is -0.507 e. The van der Waals surface area contributed by atoms with Crippen molar-refractivity contribution in [2.24, 2.45) is 0 Å². The fourth-order valence-electron chi connectivity index (χ4n) is 7.81. The number of carbonyl (C=O) groups excluding carboxylic acids is 1. The molecule has 1 unspecified atom stereocenters. The Morgan fingerprint density at radius 3 is 2.45 bits per heavy atom. The van der Waals surface area contributed by atoms with Crippen LogP contribution < -0.4 is 9.47 Å². The predicted molar refractivity (Wildman–Crippen MR) is 158 cm³/mol. The number of carbonyl (C=O) groups is 1. The van der Waals surface area contributed by atoms with E-state index in [2.05, 4.69) is 11.0 Å². The number of aliphatic hydroxyl groups excluding tert-OH is 1. The number of likely N-dealkylation sites (N-methyl/N-ethyl adjacent to an activating group) is 1. The zero-order valence-electron chi connectivity index (χ0n) is 25.5. The van der Waals surface area contributed by atoms with E-state index >= 15 is 0 Å². The van der Waals surface area contributed by atoms with E-state index in [0.717, 1.165) is 27.8 Å². The van der Waals surface area contributed by atoms with Gasteiger partial charge in [0, 0.05) is 78.8 Å². The molecule has 7 rings (SSSR count). The van der Waals surface area contributed by atoms with Crippen molar-refractivity contribution in [2.45, 2.75) is 76.8 Å². The molecule has 4 aliphatic heterocycles. The van der Waals surface area contributed by atoms with E-state index in [1.54, 1.807) is 6.92 Å². The second-order valence-corrected chi connectivity index (χ2v) is 12.4. The van der Waals surface area contributed by atoms with Crippen LogP contribution in [0.25, 0.3) is 0 Å². The fraction of sp³-hybridized carbons (Fsp3) is 0.441. The summed E-state index contributed by atoms with van der Waals surface area (Å²) < 4.78 is 17.7. The van der Waals surface area contributed by atoms with Crippen LogP contribution in [0.2, 0.25) is 0 Å². The van der Waals surface area contributed by atoms with Crippen LogP contribution in [0.3, 0.4) is 0 Å². The number of aliphatic hydroxyl groups is 1. The van der Waals surface area contributed by atoms with E-state index in [0.29, 0.717) is 47.5 Å². The Labute approximate surface area is 293 Å². The molecule has 0 saturated carbocycles. The number of piperazine rings is 1.